The summed E-state index contributed by atoms with van der Waals surface area (Å²) >= 11 is 0. The predicted molar refractivity (Wildman–Crippen MR) is 109 cm³/mol. The molecule has 2 N–H and O–H groups in total. The van der Waals surface area contributed by atoms with Gasteiger partial charge in [0.25, 0.3) is 0 Å². The molecule has 28 heavy (non-hydrogen) atoms. The summed E-state index contributed by atoms with van der Waals surface area (Å²) in [6.07, 6.45) is 3.04. The number of anilines is 1. The molecule has 4 rings (SSSR count). The first kappa shape index (κ1) is 17.4. The molecule has 0 saturated carbocycles. The monoisotopic (exact) mass is 371 g/mol. The summed E-state index contributed by atoms with van der Waals surface area (Å²) in [7, 11) is 0. The van der Waals surface area contributed by atoms with Crippen molar-refractivity contribution in [3.05, 3.63) is 94.5 Å². The highest BCUT2D eigenvalue weighted by molar-refractivity contribution is 6.02. The highest BCUT2D eigenvalue weighted by Crippen LogP contribution is 2.27. The molecule has 0 aliphatic rings. The summed E-state index contributed by atoms with van der Waals surface area (Å²) in [5, 5.41) is 12.2. The average Bonchev–Trinajstić information content (AvgIpc) is 2.74. The molecule has 0 amide bonds. The number of benzene rings is 3. The molecule has 0 aliphatic heterocycles. The van der Waals surface area contributed by atoms with Gasteiger partial charge in [-0.1, -0.05) is 60.7 Å². The highest BCUT2D eigenvalue weighted by Gasteiger charge is 2.08. The third-order valence-electron chi connectivity index (χ3n) is 4.11. The van der Waals surface area contributed by atoms with E-state index < -0.39 is 5.69 Å². The topological polar surface area (TPSA) is 92.3 Å². The lowest BCUT2D eigenvalue weighted by atomic mass is 10.0. The fraction of sp³-hybridized carbons (Fsp3) is 0.0476. The van der Waals surface area contributed by atoms with E-state index in [4.69, 9.17) is 4.74 Å². The third kappa shape index (κ3) is 4.04. The number of rotatable bonds is 6. The Labute approximate surface area is 160 Å². The van der Waals surface area contributed by atoms with Gasteiger partial charge in [-0.15, -0.1) is 0 Å². The van der Waals surface area contributed by atoms with E-state index in [-0.39, 0.29) is 5.82 Å². The normalized spacial score (nSPS) is 11.0. The highest BCUT2D eigenvalue weighted by atomic mass is 16.5. The maximum Gasteiger partial charge on any atom is 0.363 e. The van der Waals surface area contributed by atoms with Crippen LogP contribution >= 0.6 is 0 Å². The van der Waals surface area contributed by atoms with Gasteiger partial charge >= 0.3 is 5.69 Å². The second kappa shape index (κ2) is 8.13. The van der Waals surface area contributed by atoms with Crippen molar-refractivity contribution in [2.45, 2.75) is 6.61 Å². The number of ether oxygens (including phenoxy) is 1. The average molecular weight is 371 g/mol. The van der Waals surface area contributed by atoms with E-state index in [1.165, 1.54) is 6.20 Å². The zero-order chi connectivity index (χ0) is 19.2. The fourth-order valence-electron chi connectivity index (χ4n) is 2.80. The molecule has 3 aromatic carbocycles. The Morgan fingerprint density at radius 1 is 1.04 bits per heavy atom. The Balaban J connectivity index is 1.63. The minimum atomic E-state index is -0.544. The van der Waals surface area contributed by atoms with Crippen molar-refractivity contribution in [1.29, 1.82) is 0 Å². The number of nitrogens with zero attached hydrogens (tertiary/aromatic N) is 3. The Kier molecular flexibility index (Phi) is 5.06. The van der Waals surface area contributed by atoms with Crippen LogP contribution < -0.4 is 15.9 Å². The molecule has 7 heteroatoms. The minimum absolute atomic E-state index is 0.256. The molecule has 7 nitrogen and oxygen atoms in total. The Morgan fingerprint density at radius 2 is 1.86 bits per heavy atom. The maximum atomic E-state index is 11.2. The van der Waals surface area contributed by atoms with Crippen LogP contribution in [0.4, 0.5) is 5.82 Å². The lowest BCUT2D eigenvalue weighted by molar-refractivity contribution is 0.306. The van der Waals surface area contributed by atoms with Gasteiger partial charge in [0.15, 0.2) is 5.82 Å². The second-order valence-corrected chi connectivity index (χ2v) is 6.01. The molecule has 0 aliphatic carbocycles. The summed E-state index contributed by atoms with van der Waals surface area (Å²) in [6, 6.07) is 21.9. The second-order valence-electron chi connectivity index (χ2n) is 6.01. The van der Waals surface area contributed by atoms with Crippen molar-refractivity contribution < 1.29 is 4.74 Å². The summed E-state index contributed by atoms with van der Waals surface area (Å²) in [6.45, 7) is 0.451. The smallest absolute Gasteiger partial charge is 0.363 e. The van der Waals surface area contributed by atoms with E-state index in [1.54, 1.807) is 6.21 Å². The minimum Gasteiger partial charge on any atom is -0.488 e. The maximum absolute atomic E-state index is 11.2. The number of nitrogens with one attached hydrogen (secondary N) is 2. The van der Waals surface area contributed by atoms with Gasteiger partial charge in [-0.3, -0.25) is 5.43 Å². The molecule has 0 spiro atoms. The van der Waals surface area contributed by atoms with Crippen LogP contribution in [0.2, 0.25) is 0 Å². The number of hydrazone groups is 1. The van der Waals surface area contributed by atoms with Crippen LogP contribution in [-0.4, -0.2) is 21.4 Å². The van der Waals surface area contributed by atoms with Crippen molar-refractivity contribution in [2.75, 3.05) is 5.43 Å². The van der Waals surface area contributed by atoms with Crippen molar-refractivity contribution in [1.82, 2.24) is 15.2 Å². The van der Waals surface area contributed by atoms with E-state index in [0.29, 0.717) is 12.4 Å². The standard InChI is InChI=1S/C21H17N5O2/c27-21-24-20(13-23-26-21)25-22-12-18-17-9-5-4-8-16(17)10-11-19(18)28-14-15-6-2-1-3-7-15/h1-13H,14H2,(H2,24,25,26,27). The van der Waals surface area contributed by atoms with Crippen LogP contribution in [-0.2, 0) is 6.61 Å². The van der Waals surface area contributed by atoms with Crippen LogP contribution in [0.1, 0.15) is 11.1 Å². The van der Waals surface area contributed by atoms with E-state index >= 15 is 0 Å². The van der Waals surface area contributed by atoms with Gasteiger partial charge < -0.3 is 4.74 Å². The number of aromatic amines is 1. The first-order valence-corrected chi connectivity index (χ1v) is 8.69. The quantitative estimate of drug-likeness (QED) is 0.401. The molecule has 0 radical (unpaired) electrons. The predicted octanol–water partition coefficient (Wildman–Crippen LogP) is 3.34. The van der Waals surface area contributed by atoms with Crippen LogP contribution in [0.25, 0.3) is 10.8 Å². The Morgan fingerprint density at radius 3 is 2.71 bits per heavy atom. The van der Waals surface area contributed by atoms with Crippen LogP contribution in [0.5, 0.6) is 5.75 Å². The summed E-state index contributed by atoms with van der Waals surface area (Å²) in [5.74, 6) is 0.970. The number of hydrogen-bond acceptors (Lipinski definition) is 6. The van der Waals surface area contributed by atoms with E-state index in [2.05, 4.69) is 25.7 Å². The molecule has 0 atom stereocenters. The van der Waals surface area contributed by atoms with Gasteiger partial charge in [-0.05, 0) is 22.4 Å². The van der Waals surface area contributed by atoms with Crippen molar-refractivity contribution >= 4 is 22.8 Å². The SMILES string of the molecule is O=c1nc(NN=Cc2c(OCc3ccccc3)ccc3ccccc23)cn[nH]1. The lowest BCUT2D eigenvalue weighted by Gasteiger charge is -2.12. The summed E-state index contributed by atoms with van der Waals surface area (Å²) < 4.78 is 6.05. The van der Waals surface area contributed by atoms with Crippen LogP contribution in [0.15, 0.2) is 82.8 Å². The van der Waals surface area contributed by atoms with Crippen LogP contribution in [0.3, 0.4) is 0 Å². The van der Waals surface area contributed by atoms with E-state index in [0.717, 1.165) is 21.9 Å². The van der Waals surface area contributed by atoms with Gasteiger partial charge in [0.2, 0.25) is 0 Å². The third-order valence-corrected chi connectivity index (χ3v) is 4.11. The molecule has 1 heterocycles. The largest absolute Gasteiger partial charge is 0.488 e. The van der Waals surface area contributed by atoms with Gasteiger partial charge in [-0.25, -0.2) is 9.89 Å². The van der Waals surface area contributed by atoms with Gasteiger partial charge in [0, 0.05) is 5.56 Å². The van der Waals surface area contributed by atoms with Crippen molar-refractivity contribution in [3.63, 3.8) is 0 Å². The van der Waals surface area contributed by atoms with Gasteiger partial charge in [0.1, 0.15) is 12.4 Å². The zero-order valence-electron chi connectivity index (χ0n) is 14.9. The van der Waals surface area contributed by atoms with Crippen molar-refractivity contribution in [2.24, 2.45) is 5.10 Å². The molecular weight excluding hydrogens is 354 g/mol. The van der Waals surface area contributed by atoms with Gasteiger partial charge in [-0.2, -0.15) is 15.2 Å². The Bertz CT molecular complexity index is 1170. The molecule has 1 aromatic heterocycles. The van der Waals surface area contributed by atoms with Crippen LogP contribution in [0, 0.1) is 0 Å². The molecule has 138 valence electrons. The van der Waals surface area contributed by atoms with E-state index in [1.807, 2.05) is 66.7 Å². The number of aromatic nitrogens is 3. The molecule has 4 aromatic rings. The summed E-state index contributed by atoms with van der Waals surface area (Å²) in [4.78, 5) is 15.0. The number of hydrogen-bond donors (Lipinski definition) is 2. The molecule has 0 saturated heterocycles. The number of H-pyrrole nitrogens is 1. The van der Waals surface area contributed by atoms with Gasteiger partial charge in [0.05, 0.1) is 12.4 Å². The number of fused-ring (bicyclic) bond motifs is 1. The fourth-order valence-corrected chi connectivity index (χ4v) is 2.80. The molecule has 0 fully saturated rings. The first-order valence-electron chi connectivity index (χ1n) is 8.69. The van der Waals surface area contributed by atoms with Crippen molar-refractivity contribution in [3.8, 4) is 5.75 Å². The molecule has 0 bridgehead atoms. The summed E-state index contributed by atoms with van der Waals surface area (Å²) in [5.41, 5.74) is 4.09. The zero-order valence-corrected chi connectivity index (χ0v) is 14.9. The lowest BCUT2D eigenvalue weighted by Crippen LogP contribution is -2.13. The molecule has 0 unspecified atom stereocenters. The first-order chi connectivity index (χ1) is 13.8. The van der Waals surface area contributed by atoms with E-state index in [9.17, 15) is 4.79 Å². The Hall–Kier alpha value is -4.00. The molecular formula is C21H17N5O2.